The molecule has 0 aromatic carbocycles. The van der Waals surface area contributed by atoms with Gasteiger partial charge in [-0.3, -0.25) is 9.59 Å². The van der Waals surface area contributed by atoms with E-state index in [1.807, 2.05) is 17.9 Å². The van der Waals surface area contributed by atoms with Gasteiger partial charge in [-0.1, -0.05) is 13.8 Å². The van der Waals surface area contributed by atoms with Gasteiger partial charge in [-0.25, -0.2) is 9.97 Å². The maximum Gasteiger partial charge on any atom is 0.291 e. The standard InChI is InChI=1S/C22H25N5O3S/c1-14(2)20-23-15(3)13-18(24-20)26-8-10-27(11-9-26)22(29)17-6-7-19(31-17)25-21(28)16-5-4-12-30-16/h4-7,12-14H,8-11H2,1-3H3,(H,25,28). The minimum atomic E-state index is -0.333. The molecule has 0 atom stereocenters. The van der Waals surface area contributed by atoms with Gasteiger partial charge in [0.25, 0.3) is 11.8 Å². The summed E-state index contributed by atoms with van der Waals surface area (Å²) in [7, 11) is 0. The van der Waals surface area contributed by atoms with E-state index in [9.17, 15) is 9.59 Å². The van der Waals surface area contributed by atoms with Gasteiger partial charge in [-0.15, -0.1) is 11.3 Å². The van der Waals surface area contributed by atoms with Crippen LogP contribution in [0.4, 0.5) is 10.8 Å². The van der Waals surface area contributed by atoms with Crippen LogP contribution in [-0.4, -0.2) is 52.9 Å². The number of thiophene rings is 1. The highest BCUT2D eigenvalue weighted by Crippen LogP contribution is 2.25. The zero-order valence-corrected chi connectivity index (χ0v) is 18.6. The van der Waals surface area contributed by atoms with Crippen LogP contribution in [0.1, 0.15) is 51.5 Å². The summed E-state index contributed by atoms with van der Waals surface area (Å²) in [6.45, 7) is 8.81. The summed E-state index contributed by atoms with van der Waals surface area (Å²) in [5, 5.41) is 3.38. The van der Waals surface area contributed by atoms with Crippen LogP contribution >= 0.6 is 11.3 Å². The number of aryl methyl sites for hydroxylation is 1. The first kappa shape index (κ1) is 21.0. The first-order valence-corrected chi connectivity index (χ1v) is 11.1. The second kappa shape index (κ2) is 8.89. The van der Waals surface area contributed by atoms with Crippen molar-refractivity contribution in [2.45, 2.75) is 26.7 Å². The van der Waals surface area contributed by atoms with Gasteiger partial charge in [0.2, 0.25) is 0 Å². The van der Waals surface area contributed by atoms with Gasteiger partial charge in [0.1, 0.15) is 11.6 Å². The number of carbonyl (C=O) groups excluding carboxylic acids is 2. The Bertz CT molecular complexity index is 1070. The average molecular weight is 440 g/mol. The predicted octanol–water partition coefficient (Wildman–Crippen LogP) is 3.78. The largest absolute Gasteiger partial charge is 0.459 e. The number of nitrogens with one attached hydrogen (secondary N) is 1. The fourth-order valence-electron chi connectivity index (χ4n) is 3.39. The molecule has 8 nitrogen and oxygen atoms in total. The number of furan rings is 1. The first-order chi connectivity index (χ1) is 14.9. The van der Waals surface area contributed by atoms with E-state index in [0.717, 1.165) is 17.3 Å². The number of amides is 2. The van der Waals surface area contributed by atoms with Gasteiger partial charge < -0.3 is 19.5 Å². The second-order valence-electron chi connectivity index (χ2n) is 7.75. The molecule has 0 saturated carbocycles. The molecule has 0 spiro atoms. The first-order valence-electron chi connectivity index (χ1n) is 10.2. The lowest BCUT2D eigenvalue weighted by Crippen LogP contribution is -2.49. The van der Waals surface area contributed by atoms with Gasteiger partial charge in [0, 0.05) is 43.9 Å². The molecule has 31 heavy (non-hydrogen) atoms. The summed E-state index contributed by atoms with van der Waals surface area (Å²) >= 11 is 1.27. The number of rotatable bonds is 5. The van der Waals surface area contributed by atoms with E-state index in [2.05, 4.69) is 29.0 Å². The van der Waals surface area contributed by atoms with Gasteiger partial charge in [-0.2, -0.15) is 0 Å². The number of anilines is 2. The van der Waals surface area contributed by atoms with Crippen LogP contribution in [0, 0.1) is 6.92 Å². The van der Waals surface area contributed by atoms with E-state index in [1.165, 1.54) is 17.6 Å². The molecule has 0 bridgehead atoms. The van der Waals surface area contributed by atoms with Crippen LogP contribution in [0.3, 0.4) is 0 Å². The highest BCUT2D eigenvalue weighted by atomic mass is 32.1. The molecule has 162 valence electrons. The molecule has 1 N–H and O–H groups in total. The monoisotopic (exact) mass is 439 g/mol. The van der Waals surface area contributed by atoms with E-state index >= 15 is 0 Å². The molecule has 0 unspecified atom stereocenters. The van der Waals surface area contributed by atoms with E-state index < -0.39 is 0 Å². The molecule has 0 aliphatic carbocycles. The van der Waals surface area contributed by atoms with Crippen molar-refractivity contribution < 1.29 is 14.0 Å². The van der Waals surface area contributed by atoms with Crippen LogP contribution in [0.25, 0.3) is 0 Å². The molecule has 1 fully saturated rings. The van der Waals surface area contributed by atoms with Gasteiger partial charge in [0.05, 0.1) is 16.1 Å². The van der Waals surface area contributed by atoms with Crippen molar-refractivity contribution in [3.05, 3.63) is 58.8 Å². The molecule has 0 radical (unpaired) electrons. The fraction of sp³-hybridized carbons (Fsp3) is 0.364. The van der Waals surface area contributed by atoms with Crippen molar-refractivity contribution in [2.24, 2.45) is 0 Å². The summed E-state index contributed by atoms with van der Waals surface area (Å²) in [6, 6.07) is 8.74. The van der Waals surface area contributed by atoms with Gasteiger partial charge in [-0.05, 0) is 31.2 Å². The molecule has 1 saturated heterocycles. The maximum atomic E-state index is 12.9. The topological polar surface area (TPSA) is 91.6 Å². The summed E-state index contributed by atoms with van der Waals surface area (Å²) in [4.78, 5) is 38.9. The third-order valence-electron chi connectivity index (χ3n) is 5.06. The molecule has 4 heterocycles. The van der Waals surface area contributed by atoms with Gasteiger partial charge >= 0.3 is 0 Å². The van der Waals surface area contributed by atoms with Crippen LogP contribution in [0.5, 0.6) is 0 Å². The van der Waals surface area contributed by atoms with Crippen LogP contribution in [-0.2, 0) is 0 Å². The minimum absolute atomic E-state index is 0.0233. The smallest absolute Gasteiger partial charge is 0.291 e. The summed E-state index contributed by atoms with van der Waals surface area (Å²) in [6.07, 6.45) is 1.45. The van der Waals surface area contributed by atoms with Crippen molar-refractivity contribution in [1.82, 2.24) is 14.9 Å². The summed E-state index contributed by atoms with van der Waals surface area (Å²) in [5.41, 5.74) is 0.954. The summed E-state index contributed by atoms with van der Waals surface area (Å²) in [5.74, 6) is 1.91. The minimum Gasteiger partial charge on any atom is -0.459 e. The number of hydrogen-bond acceptors (Lipinski definition) is 7. The number of nitrogens with zero attached hydrogens (tertiary/aromatic N) is 4. The molecule has 1 aliphatic heterocycles. The Labute approximate surface area is 184 Å². The van der Waals surface area contributed by atoms with Gasteiger partial charge in [0.15, 0.2) is 5.76 Å². The third kappa shape index (κ3) is 4.77. The van der Waals surface area contributed by atoms with Crippen molar-refractivity contribution in [1.29, 1.82) is 0 Å². The Hall–Kier alpha value is -3.20. The Morgan fingerprint density at radius 3 is 2.58 bits per heavy atom. The number of carbonyl (C=O) groups is 2. The van der Waals surface area contributed by atoms with Crippen LogP contribution in [0.15, 0.2) is 41.0 Å². The SMILES string of the molecule is Cc1cc(N2CCN(C(=O)c3ccc(NC(=O)c4ccco4)s3)CC2)nc(C(C)C)n1. The van der Waals surface area contributed by atoms with E-state index in [0.29, 0.717) is 36.1 Å². The van der Waals surface area contributed by atoms with E-state index in [1.54, 1.807) is 24.3 Å². The van der Waals surface area contributed by atoms with E-state index in [-0.39, 0.29) is 23.5 Å². The maximum absolute atomic E-state index is 12.9. The summed E-state index contributed by atoms with van der Waals surface area (Å²) < 4.78 is 5.09. The molecular formula is C22H25N5O3S. The third-order valence-corrected chi connectivity index (χ3v) is 6.05. The molecule has 9 heteroatoms. The predicted molar refractivity (Wildman–Crippen MR) is 120 cm³/mol. The van der Waals surface area contributed by atoms with Crippen LogP contribution < -0.4 is 10.2 Å². The Kier molecular flexibility index (Phi) is 6.03. The zero-order chi connectivity index (χ0) is 22.0. The van der Waals surface area contributed by atoms with Crippen molar-refractivity contribution >= 4 is 34.0 Å². The average Bonchev–Trinajstić information content (AvgIpc) is 3.45. The Balaban J connectivity index is 1.37. The van der Waals surface area contributed by atoms with E-state index in [4.69, 9.17) is 9.40 Å². The molecule has 2 amide bonds. The Morgan fingerprint density at radius 1 is 1.13 bits per heavy atom. The molecular weight excluding hydrogens is 414 g/mol. The highest BCUT2D eigenvalue weighted by Gasteiger charge is 2.25. The van der Waals surface area contributed by atoms with Crippen LogP contribution in [0.2, 0.25) is 0 Å². The second-order valence-corrected chi connectivity index (χ2v) is 8.84. The van der Waals surface area contributed by atoms with Crippen molar-refractivity contribution in [2.75, 3.05) is 36.4 Å². The molecule has 4 rings (SSSR count). The molecule has 3 aromatic rings. The quantitative estimate of drug-likeness (QED) is 0.651. The molecule has 3 aromatic heterocycles. The number of aromatic nitrogens is 2. The normalized spacial score (nSPS) is 14.2. The number of piperazine rings is 1. The number of hydrogen-bond donors (Lipinski definition) is 1. The van der Waals surface area contributed by atoms with Crippen molar-refractivity contribution in [3.8, 4) is 0 Å². The lowest BCUT2D eigenvalue weighted by Gasteiger charge is -2.35. The lowest BCUT2D eigenvalue weighted by atomic mass is 10.2. The lowest BCUT2D eigenvalue weighted by molar-refractivity contribution is 0.0751. The fourth-order valence-corrected chi connectivity index (χ4v) is 4.26. The highest BCUT2D eigenvalue weighted by molar-refractivity contribution is 7.18. The molecule has 1 aliphatic rings. The Morgan fingerprint density at radius 2 is 1.90 bits per heavy atom. The zero-order valence-electron chi connectivity index (χ0n) is 17.8. The van der Waals surface area contributed by atoms with Crippen molar-refractivity contribution in [3.63, 3.8) is 0 Å².